The van der Waals surface area contributed by atoms with E-state index in [2.05, 4.69) is 22.8 Å². The Balaban J connectivity index is 1.86. The minimum absolute atomic E-state index is 0.429. The number of hydrogen-bond acceptors (Lipinski definition) is 3. The summed E-state index contributed by atoms with van der Waals surface area (Å²) in [5.74, 6) is 0.687. The van der Waals surface area contributed by atoms with Crippen molar-refractivity contribution in [1.29, 1.82) is 0 Å². The molecule has 1 aliphatic rings. The van der Waals surface area contributed by atoms with Gasteiger partial charge in [0.15, 0.2) is 0 Å². The predicted molar refractivity (Wildman–Crippen MR) is 91.3 cm³/mol. The van der Waals surface area contributed by atoms with Crippen LogP contribution in [0.3, 0.4) is 0 Å². The molecule has 0 saturated heterocycles. The summed E-state index contributed by atoms with van der Waals surface area (Å²) in [5, 5.41) is 6.21. The second-order valence-corrected chi connectivity index (χ2v) is 6.74. The molecule has 4 heteroatoms. The van der Waals surface area contributed by atoms with Crippen molar-refractivity contribution in [3.05, 3.63) is 36.4 Å². The van der Waals surface area contributed by atoms with Crippen molar-refractivity contribution < 1.29 is 9.53 Å². The standard InChI is InChI=1S/C18H26N2O2/c1-18(2,3)22-17(21)20-16-11-7-10-15(12-16)19-13-14-8-5-4-6-9-14/h4-5,7,10-12,14,19H,6,8-9,13H2,1-3H3,(H,20,21). The van der Waals surface area contributed by atoms with Crippen LogP contribution in [-0.2, 0) is 4.74 Å². The van der Waals surface area contributed by atoms with E-state index in [9.17, 15) is 4.79 Å². The second-order valence-electron chi connectivity index (χ2n) is 6.74. The number of ether oxygens (including phenoxy) is 1. The number of carbonyl (C=O) groups is 1. The second kappa shape index (κ2) is 7.34. The summed E-state index contributed by atoms with van der Waals surface area (Å²) < 4.78 is 5.26. The molecule has 0 fully saturated rings. The van der Waals surface area contributed by atoms with Gasteiger partial charge < -0.3 is 10.1 Å². The summed E-state index contributed by atoms with van der Waals surface area (Å²) in [6, 6.07) is 7.73. The quantitative estimate of drug-likeness (QED) is 0.785. The maximum absolute atomic E-state index is 11.8. The van der Waals surface area contributed by atoms with Crippen LogP contribution in [0, 0.1) is 5.92 Å². The SMILES string of the molecule is CC(C)(C)OC(=O)Nc1cccc(NCC2CC=CCC2)c1. The zero-order valence-corrected chi connectivity index (χ0v) is 13.7. The zero-order valence-electron chi connectivity index (χ0n) is 13.7. The Hall–Kier alpha value is -1.97. The van der Waals surface area contributed by atoms with E-state index in [1.54, 1.807) is 0 Å². The molecule has 1 unspecified atom stereocenters. The van der Waals surface area contributed by atoms with Gasteiger partial charge in [0.05, 0.1) is 0 Å². The fourth-order valence-electron chi connectivity index (χ4n) is 2.43. The Morgan fingerprint density at radius 2 is 2.05 bits per heavy atom. The summed E-state index contributed by atoms with van der Waals surface area (Å²) in [4.78, 5) is 11.8. The average Bonchev–Trinajstić information content (AvgIpc) is 2.44. The first-order valence-electron chi connectivity index (χ1n) is 7.91. The Morgan fingerprint density at radius 3 is 2.73 bits per heavy atom. The number of hydrogen-bond donors (Lipinski definition) is 2. The van der Waals surface area contributed by atoms with Gasteiger partial charge in [-0.25, -0.2) is 4.79 Å². The third-order valence-corrected chi connectivity index (χ3v) is 3.48. The fourth-order valence-corrected chi connectivity index (χ4v) is 2.43. The van der Waals surface area contributed by atoms with Gasteiger partial charge in [0.1, 0.15) is 5.60 Å². The molecule has 2 rings (SSSR count). The smallest absolute Gasteiger partial charge is 0.412 e. The third kappa shape index (κ3) is 5.80. The Bertz CT molecular complexity index is 532. The molecule has 120 valence electrons. The largest absolute Gasteiger partial charge is 0.444 e. The van der Waals surface area contributed by atoms with Gasteiger partial charge in [-0.15, -0.1) is 0 Å². The van der Waals surface area contributed by atoms with E-state index in [0.29, 0.717) is 5.92 Å². The van der Waals surface area contributed by atoms with Gasteiger partial charge in [0.25, 0.3) is 0 Å². The molecule has 0 heterocycles. The number of rotatable bonds is 4. The first kappa shape index (κ1) is 16.4. The van der Waals surface area contributed by atoms with Gasteiger partial charge in [0, 0.05) is 17.9 Å². The van der Waals surface area contributed by atoms with Gasteiger partial charge in [-0.05, 0) is 64.2 Å². The van der Waals surface area contributed by atoms with Crippen LogP contribution in [0.2, 0.25) is 0 Å². The van der Waals surface area contributed by atoms with Gasteiger partial charge >= 0.3 is 6.09 Å². The van der Waals surface area contributed by atoms with Gasteiger partial charge in [-0.2, -0.15) is 0 Å². The third-order valence-electron chi connectivity index (χ3n) is 3.48. The monoisotopic (exact) mass is 302 g/mol. The molecule has 1 aromatic rings. The molecule has 2 N–H and O–H groups in total. The van der Waals surface area contributed by atoms with Crippen molar-refractivity contribution in [2.75, 3.05) is 17.2 Å². The van der Waals surface area contributed by atoms with Gasteiger partial charge in [-0.3, -0.25) is 5.32 Å². The number of nitrogens with one attached hydrogen (secondary N) is 2. The van der Waals surface area contributed by atoms with E-state index in [-0.39, 0.29) is 0 Å². The van der Waals surface area contributed by atoms with Crippen LogP contribution in [0.25, 0.3) is 0 Å². The van der Waals surface area contributed by atoms with Gasteiger partial charge in [0.2, 0.25) is 0 Å². The Labute approximate surface area is 132 Å². The van der Waals surface area contributed by atoms with Crippen molar-refractivity contribution in [3.63, 3.8) is 0 Å². The van der Waals surface area contributed by atoms with Crippen LogP contribution < -0.4 is 10.6 Å². The molecule has 1 aliphatic carbocycles. The number of amides is 1. The van der Waals surface area contributed by atoms with Crippen LogP contribution in [0.15, 0.2) is 36.4 Å². The van der Waals surface area contributed by atoms with Crippen molar-refractivity contribution in [3.8, 4) is 0 Å². The molecule has 1 aromatic carbocycles. The van der Waals surface area contributed by atoms with E-state index in [0.717, 1.165) is 24.3 Å². The lowest BCUT2D eigenvalue weighted by Gasteiger charge is -2.20. The van der Waals surface area contributed by atoms with E-state index in [1.165, 1.54) is 12.8 Å². The molecule has 0 spiro atoms. The minimum atomic E-state index is -0.492. The predicted octanol–water partition coefficient (Wildman–Crippen LogP) is 4.80. The molecule has 22 heavy (non-hydrogen) atoms. The summed E-state index contributed by atoms with van der Waals surface area (Å²) in [5.41, 5.74) is 1.26. The molecule has 0 bridgehead atoms. The topological polar surface area (TPSA) is 50.4 Å². The molecule has 1 amide bonds. The van der Waals surface area contributed by atoms with Crippen LogP contribution in [0.5, 0.6) is 0 Å². The highest BCUT2D eigenvalue weighted by molar-refractivity contribution is 5.85. The van der Waals surface area contributed by atoms with Crippen LogP contribution in [-0.4, -0.2) is 18.2 Å². The Kier molecular flexibility index (Phi) is 5.47. The summed E-state index contributed by atoms with van der Waals surface area (Å²) in [6.07, 6.45) is 7.63. The summed E-state index contributed by atoms with van der Waals surface area (Å²) >= 11 is 0. The highest BCUT2D eigenvalue weighted by Gasteiger charge is 2.16. The van der Waals surface area contributed by atoms with E-state index in [1.807, 2.05) is 45.0 Å². The normalized spacial score (nSPS) is 17.9. The molecule has 0 radical (unpaired) electrons. The molecular weight excluding hydrogens is 276 g/mol. The summed E-state index contributed by atoms with van der Waals surface area (Å²) in [6.45, 7) is 6.51. The average molecular weight is 302 g/mol. The van der Waals surface area contributed by atoms with E-state index < -0.39 is 11.7 Å². The van der Waals surface area contributed by atoms with Crippen LogP contribution in [0.4, 0.5) is 16.2 Å². The highest BCUT2D eigenvalue weighted by Crippen LogP contribution is 2.21. The minimum Gasteiger partial charge on any atom is -0.444 e. The van der Waals surface area contributed by atoms with Crippen LogP contribution in [0.1, 0.15) is 40.0 Å². The first-order chi connectivity index (χ1) is 10.4. The van der Waals surface area contributed by atoms with E-state index in [4.69, 9.17) is 4.74 Å². The lowest BCUT2D eigenvalue weighted by atomic mass is 9.94. The maximum Gasteiger partial charge on any atom is 0.412 e. The lowest BCUT2D eigenvalue weighted by Crippen LogP contribution is -2.27. The zero-order chi connectivity index (χ0) is 16.0. The van der Waals surface area contributed by atoms with Crippen LogP contribution >= 0.6 is 0 Å². The lowest BCUT2D eigenvalue weighted by molar-refractivity contribution is 0.0636. The van der Waals surface area contributed by atoms with Crippen molar-refractivity contribution in [2.45, 2.75) is 45.6 Å². The first-order valence-corrected chi connectivity index (χ1v) is 7.91. The molecule has 1 atom stereocenters. The highest BCUT2D eigenvalue weighted by atomic mass is 16.6. The number of anilines is 2. The number of carbonyl (C=O) groups excluding carboxylic acids is 1. The molecule has 4 nitrogen and oxygen atoms in total. The number of allylic oxidation sites excluding steroid dienone is 2. The number of benzene rings is 1. The summed E-state index contributed by atoms with van der Waals surface area (Å²) in [7, 11) is 0. The maximum atomic E-state index is 11.8. The van der Waals surface area contributed by atoms with Crippen molar-refractivity contribution in [2.24, 2.45) is 5.92 Å². The van der Waals surface area contributed by atoms with Gasteiger partial charge in [-0.1, -0.05) is 18.2 Å². The molecular formula is C18H26N2O2. The molecule has 0 aliphatic heterocycles. The molecule has 0 aromatic heterocycles. The fraction of sp³-hybridized carbons (Fsp3) is 0.500. The van der Waals surface area contributed by atoms with Crippen molar-refractivity contribution >= 4 is 17.5 Å². The molecule has 0 saturated carbocycles. The van der Waals surface area contributed by atoms with E-state index >= 15 is 0 Å². The Morgan fingerprint density at radius 1 is 1.27 bits per heavy atom. The van der Waals surface area contributed by atoms with Crippen molar-refractivity contribution in [1.82, 2.24) is 0 Å².